The number of amidine groups is 1. The second kappa shape index (κ2) is 14.4. The van der Waals surface area contributed by atoms with Crippen LogP contribution in [0.3, 0.4) is 0 Å². The highest BCUT2D eigenvalue weighted by Crippen LogP contribution is 2.51. The molecule has 0 saturated carbocycles. The first-order valence-electron chi connectivity index (χ1n) is 15.7. The standard InChI is InChI=1S/C37H30Cl4N2O6S2/c1-4-49-37(44)35-34(24-10-16-31(39)33(41)18-24)28-19-27(23-9-15-30(38)32(40)17-23)29(28)20-43(51(47,48)26-13-7-22(3)8-14-26)36(35)42-50(45,46)25-11-5-21(2)6-12-25/h5-18,35H,4,19-20H2,1-3H3/b42-36+. The van der Waals surface area contributed by atoms with Crippen molar-refractivity contribution in [3.05, 3.63) is 138 Å². The molecule has 1 unspecified atom stereocenters. The van der Waals surface area contributed by atoms with Crippen LogP contribution in [-0.4, -0.2) is 46.1 Å². The Hall–Kier alpha value is -3.64. The van der Waals surface area contributed by atoms with Gasteiger partial charge in [0.05, 0.1) is 43.0 Å². The molecule has 0 fully saturated rings. The molecule has 4 aromatic rings. The number of ether oxygens (including phenoxy) is 1. The van der Waals surface area contributed by atoms with Gasteiger partial charge in [0.2, 0.25) is 0 Å². The van der Waals surface area contributed by atoms with Crippen molar-refractivity contribution in [1.29, 1.82) is 0 Å². The second-order valence-electron chi connectivity index (χ2n) is 12.0. The van der Waals surface area contributed by atoms with Gasteiger partial charge in [0, 0.05) is 0 Å². The molecule has 0 radical (unpaired) electrons. The molecule has 6 rings (SSSR count). The van der Waals surface area contributed by atoms with Gasteiger partial charge in [0.15, 0.2) is 5.84 Å². The lowest BCUT2D eigenvalue weighted by atomic mass is 9.73. The fraction of sp³-hybridized carbons (Fsp3) is 0.189. The number of hydrogen-bond donors (Lipinski definition) is 0. The van der Waals surface area contributed by atoms with Crippen LogP contribution in [0.5, 0.6) is 0 Å². The predicted octanol–water partition coefficient (Wildman–Crippen LogP) is 9.20. The third kappa shape index (κ3) is 7.23. The summed E-state index contributed by atoms with van der Waals surface area (Å²) >= 11 is 25.5. The molecule has 1 atom stereocenters. The lowest BCUT2D eigenvalue weighted by Gasteiger charge is -2.32. The van der Waals surface area contributed by atoms with Crippen molar-refractivity contribution in [1.82, 2.24) is 4.31 Å². The monoisotopic (exact) mass is 802 g/mol. The van der Waals surface area contributed by atoms with Crippen LogP contribution in [-0.2, 0) is 29.6 Å². The van der Waals surface area contributed by atoms with E-state index in [1.807, 2.05) is 6.92 Å². The number of nitrogens with zero attached hydrogens (tertiary/aromatic N) is 2. The van der Waals surface area contributed by atoms with Gasteiger partial charge in [-0.15, -0.1) is 4.40 Å². The Kier molecular flexibility index (Phi) is 10.5. The summed E-state index contributed by atoms with van der Waals surface area (Å²) in [7, 11) is -9.19. The number of benzene rings is 4. The average Bonchev–Trinajstić information content (AvgIpc) is 3.17. The average molecular weight is 805 g/mol. The Morgan fingerprint density at radius 3 is 1.80 bits per heavy atom. The van der Waals surface area contributed by atoms with Crippen LogP contribution in [0, 0.1) is 19.8 Å². The lowest BCUT2D eigenvalue weighted by molar-refractivity contribution is -0.144. The number of aryl methyl sites for hydroxylation is 2. The fourth-order valence-corrected chi connectivity index (χ4v) is 9.14. The number of hydrogen-bond acceptors (Lipinski definition) is 6. The highest BCUT2D eigenvalue weighted by atomic mass is 35.5. The van der Waals surface area contributed by atoms with E-state index in [-0.39, 0.29) is 50.0 Å². The molecule has 2 aliphatic rings. The molecule has 1 aliphatic heterocycles. The van der Waals surface area contributed by atoms with E-state index in [1.165, 1.54) is 24.3 Å². The van der Waals surface area contributed by atoms with Gasteiger partial charge in [-0.3, -0.25) is 4.79 Å². The SMILES string of the molecule is CCOC(=O)C1C(c2ccc(Cl)c(Cl)c2)=C2CC(c3ccc(Cl)c(Cl)c3)=C2CN(S(=O)(=O)c2ccc(C)cc2)/C1=N/S(=O)(=O)c1ccc(C)cc1. The molecular weight excluding hydrogens is 774 g/mol. The van der Waals surface area contributed by atoms with E-state index < -0.39 is 37.8 Å². The Morgan fingerprint density at radius 2 is 1.25 bits per heavy atom. The highest BCUT2D eigenvalue weighted by molar-refractivity contribution is 7.91. The normalized spacial score (nSPS) is 17.3. The molecule has 14 heteroatoms. The van der Waals surface area contributed by atoms with E-state index in [2.05, 4.69) is 4.40 Å². The number of carbonyl (C=O) groups is 1. The minimum Gasteiger partial charge on any atom is -0.465 e. The smallest absolute Gasteiger partial charge is 0.321 e. The summed E-state index contributed by atoms with van der Waals surface area (Å²) in [6.07, 6.45) is 0.259. The molecule has 51 heavy (non-hydrogen) atoms. The molecule has 1 heterocycles. The van der Waals surface area contributed by atoms with E-state index in [0.29, 0.717) is 27.3 Å². The van der Waals surface area contributed by atoms with Gasteiger partial charge in [0.25, 0.3) is 20.0 Å². The minimum absolute atomic E-state index is 0.0841. The van der Waals surface area contributed by atoms with Gasteiger partial charge in [-0.2, -0.15) is 8.42 Å². The molecule has 0 N–H and O–H groups in total. The molecule has 0 spiro atoms. The zero-order chi connectivity index (χ0) is 36.8. The Balaban J connectivity index is 1.73. The summed E-state index contributed by atoms with van der Waals surface area (Å²) in [6.45, 7) is 4.75. The lowest BCUT2D eigenvalue weighted by Crippen LogP contribution is -2.44. The number of fused-ring (bicyclic) bond motifs is 1. The van der Waals surface area contributed by atoms with Crippen molar-refractivity contribution >= 4 is 89.4 Å². The summed E-state index contributed by atoms with van der Waals surface area (Å²) < 4.78 is 68.5. The second-order valence-corrected chi connectivity index (χ2v) is 17.1. The first kappa shape index (κ1) is 37.1. The van der Waals surface area contributed by atoms with Crippen LogP contribution in [0.1, 0.15) is 35.6 Å². The summed E-state index contributed by atoms with van der Waals surface area (Å²) in [5.41, 5.74) is 4.80. The van der Waals surface area contributed by atoms with Crippen molar-refractivity contribution in [2.24, 2.45) is 10.3 Å². The zero-order valence-corrected chi connectivity index (χ0v) is 32.1. The summed E-state index contributed by atoms with van der Waals surface area (Å²) in [6, 6.07) is 21.8. The molecule has 0 amide bonds. The third-order valence-corrected chi connectivity index (χ3v) is 13.2. The maximum atomic E-state index is 14.8. The topological polar surface area (TPSA) is 110 Å². The molecule has 4 aromatic carbocycles. The summed E-state index contributed by atoms with van der Waals surface area (Å²) in [5.74, 6) is -3.10. The predicted molar refractivity (Wildman–Crippen MR) is 202 cm³/mol. The number of halogens is 4. The van der Waals surface area contributed by atoms with Crippen LogP contribution >= 0.6 is 46.4 Å². The van der Waals surface area contributed by atoms with E-state index in [1.54, 1.807) is 74.5 Å². The van der Waals surface area contributed by atoms with Gasteiger partial charge in [-0.1, -0.05) is 93.9 Å². The largest absolute Gasteiger partial charge is 0.465 e. The Morgan fingerprint density at radius 1 is 0.725 bits per heavy atom. The van der Waals surface area contributed by atoms with Crippen LogP contribution < -0.4 is 0 Å². The minimum atomic E-state index is -4.61. The first-order valence-corrected chi connectivity index (χ1v) is 20.1. The fourth-order valence-electron chi connectivity index (χ4n) is 6.03. The van der Waals surface area contributed by atoms with Crippen LogP contribution in [0.4, 0.5) is 0 Å². The van der Waals surface area contributed by atoms with Crippen molar-refractivity contribution in [3.63, 3.8) is 0 Å². The van der Waals surface area contributed by atoms with E-state index >= 15 is 0 Å². The molecule has 0 saturated heterocycles. The van der Waals surface area contributed by atoms with E-state index in [4.69, 9.17) is 51.1 Å². The van der Waals surface area contributed by atoms with Crippen molar-refractivity contribution < 1.29 is 26.4 Å². The number of rotatable bonds is 8. The van der Waals surface area contributed by atoms with E-state index in [0.717, 1.165) is 21.0 Å². The van der Waals surface area contributed by atoms with Crippen molar-refractivity contribution in [2.75, 3.05) is 13.2 Å². The number of allylic oxidation sites excluding steroid dienone is 1. The van der Waals surface area contributed by atoms with Crippen LogP contribution in [0.15, 0.2) is 110 Å². The Labute approximate surface area is 317 Å². The van der Waals surface area contributed by atoms with Gasteiger partial charge < -0.3 is 4.74 Å². The molecule has 1 aliphatic carbocycles. The Bertz CT molecular complexity index is 2390. The number of carbonyl (C=O) groups excluding carboxylic acids is 1. The maximum Gasteiger partial charge on any atom is 0.321 e. The first-order chi connectivity index (χ1) is 24.1. The van der Waals surface area contributed by atoms with Gasteiger partial charge in [0.1, 0.15) is 5.92 Å². The van der Waals surface area contributed by atoms with Gasteiger partial charge in [-0.25, -0.2) is 12.7 Å². The maximum absolute atomic E-state index is 14.8. The van der Waals surface area contributed by atoms with Crippen LogP contribution in [0.25, 0.3) is 11.1 Å². The highest BCUT2D eigenvalue weighted by Gasteiger charge is 2.47. The van der Waals surface area contributed by atoms with Gasteiger partial charge >= 0.3 is 5.97 Å². The quantitative estimate of drug-likeness (QED) is 0.164. The summed E-state index contributed by atoms with van der Waals surface area (Å²) in [4.78, 5) is 13.9. The summed E-state index contributed by atoms with van der Waals surface area (Å²) in [5, 5.41) is 1.03. The molecular formula is C37H30Cl4N2O6S2. The molecule has 0 bridgehead atoms. The molecule has 0 aromatic heterocycles. The van der Waals surface area contributed by atoms with Crippen molar-refractivity contribution in [2.45, 2.75) is 37.0 Å². The number of sulfonamides is 2. The third-order valence-electron chi connectivity index (χ3n) is 8.67. The molecule has 8 nitrogen and oxygen atoms in total. The van der Waals surface area contributed by atoms with Crippen molar-refractivity contribution in [3.8, 4) is 0 Å². The van der Waals surface area contributed by atoms with E-state index in [9.17, 15) is 21.6 Å². The number of esters is 1. The van der Waals surface area contributed by atoms with Gasteiger partial charge in [-0.05, 0) is 109 Å². The zero-order valence-electron chi connectivity index (χ0n) is 27.5. The molecule has 264 valence electrons. The van der Waals surface area contributed by atoms with Crippen LogP contribution in [0.2, 0.25) is 20.1 Å².